The van der Waals surface area contributed by atoms with Crippen LogP contribution in [0.2, 0.25) is 0 Å². The molecule has 0 spiro atoms. The number of carboxylic acid groups (broad SMARTS) is 1. The first-order valence-electron chi connectivity index (χ1n) is 4.46. The van der Waals surface area contributed by atoms with Gasteiger partial charge in [-0.25, -0.2) is 0 Å². The van der Waals surface area contributed by atoms with Crippen molar-refractivity contribution in [3.05, 3.63) is 0 Å². The van der Waals surface area contributed by atoms with Gasteiger partial charge >= 0.3 is 5.97 Å². The summed E-state index contributed by atoms with van der Waals surface area (Å²) in [6.07, 6.45) is 2.77. The Morgan fingerprint density at radius 1 is 1.58 bits per heavy atom. The van der Waals surface area contributed by atoms with Gasteiger partial charge in [0, 0.05) is 5.75 Å². The van der Waals surface area contributed by atoms with E-state index in [2.05, 4.69) is 13.8 Å². The molecule has 0 amide bonds. The normalized spacial score (nSPS) is 12.8. The van der Waals surface area contributed by atoms with Crippen LogP contribution in [0.15, 0.2) is 0 Å². The van der Waals surface area contributed by atoms with Crippen molar-refractivity contribution in [2.75, 3.05) is 11.5 Å². The van der Waals surface area contributed by atoms with Crippen molar-refractivity contribution < 1.29 is 9.90 Å². The van der Waals surface area contributed by atoms with Crippen LogP contribution in [0.25, 0.3) is 0 Å². The molecular formula is C9H18O2S. The topological polar surface area (TPSA) is 37.3 Å². The summed E-state index contributed by atoms with van der Waals surface area (Å²) >= 11 is 1.75. The van der Waals surface area contributed by atoms with Crippen LogP contribution in [0.1, 0.15) is 33.1 Å². The standard InChI is InChI=1S/C9H18O2S/c1-3-4-8(2)7-12-6-5-9(10)11/h8H,3-7H2,1-2H3,(H,10,11). The van der Waals surface area contributed by atoms with Crippen LogP contribution in [-0.4, -0.2) is 22.6 Å². The second-order valence-electron chi connectivity index (χ2n) is 3.11. The zero-order valence-corrected chi connectivity index (χ0v) is 8.69. The SMILES string of the molecule is CCCC(C)CSCCC(=O)O. The molecule has 0 aliphatic heterocycles. The van der Waals surface area contributed by atoms with E-state index in [1.807, 2.05) is 0 Å². The first kappa shape index (κ1) is 11.8. The molecule has 1 atom stereocenters. The Balaban J connectivity index is 3.13. The summed E-state index contributed by atoms with van der Waals surface area (Å²) in [5.74, 6) is 1.89. The van der Waals surface area contributed by atoms with Crippen molar-refractivity contribution in [1.82, 2.24) is 0 Å². The van der Waals surface area contributed by atoms with Crippen LogP contribution in [0.3, 0.4) is 0 Å². The van der Waals surface area contributed by atoms with Gasteiger partial charge in [-0.05, 0) is 11.7 Å². The van der Waals surface area contributed by atoms with Crippen molar-refractivity contribution in [2.24, 2.45) is 5.92 Å². The molecule has 0 bridgehead atoms. The van der Waals surface area contributed by atoms with Gasteiger partial charge in [0.1, 0.15) is 0 Å². The van der Waals surface area contributed by atoms with Gasteiger partial charge in [0.25, 0.3) is 0 Å². The number of carboxylic acids is 1. The lowest BCUT2D eigenvalue weighted by Crippen LogP contribution is -2.01. The molecule has 1 N–H and O–H groups in total. The average Bonchev–Trinajstić information content (AvgIpc) is 1.98. The quantitative estimate of drug-likeness (QED) is 0.627. The molecular weight excluding hydrogens is 172 g/mol. The Morgan fingerprint density at radius 2 is 2.25 bits per heavy atom. The molecule has 0 rings (SSSR count). The number of thioether (sulfide) groups is 1. The van der Waals surface area contributed by atoms with Crippen LogP contribution in [-0.2, 0) is 4.79 Å². The highest BCUT2D eigenvalue weighted by Crippen LogP contribution is 2.13. The van der Waals surface area contributed by atoms with Crippen molar-refractivity contribution in [1.29, 1.82) is 0 Å². The van der Waals surface area contributed by atoms with Crippen molar-refractivity contribution >= 4 is 17.7 Å². The fourth-order valence-corrected chi connectivity index (χ4v) is 2.07. The molecule has 0 aliphatic rings. The number of rotatable bonds is 7. The van der Waals surface area contributed by atoms with E-state index in [-0.39, 0.29) is 0 Å². The van der Waals surface area contributed by atoms with E-state index in [1.165, 1.54) is 12.8 Å². The second kappa shape index (κ2) is 7.47. The summed E-state index contributed by atoms with van der Waals surface area (Å²) < 4.78 is 0. The molecule has 0 aliphatic carbocycles. The van der Waals surface area contributed by atoms with Gasteiger partial charge in [0.15, 0.2) is 0 Å². The predicted molar refractivity (Wildman–Crippen MR) is 53.6 cm³/mol. The van der Waals surface area contributed by atoms with E-state index in [9.17, 15) is 4.79 Å². The summed E-state index contributed by atoms with van der Waals surface area (Å²) in [4.78, 5) is 10.2. The molecule has 0 aromatic carbocycles. The van der Waals surface area contributed by atoms with Crippen molar-refractivity contribution in [2.45, 2.75) is 33.1 Å². The Bertz CT molecular complexity index is 126. The molecule has 0 saturated heterocycles. The first-order valence-corrected chi connectivity index (χ1v) is 5.61. The van der Waals surface area contributed by atoms with Gasteiger partial charge in [-0.2, -0.15) is 11.8 Å². The Labute approximate surface area is 78.7 Å². The summed E-state index contributed by atoms with van der Waals surface area (Å²) in [6.45, 7) is 4.40. The summed E-state index contributed by atoms with van der Waals surface area (Å²) in [5.41, 5.74) is 0. The first-order chi connectivity index (χ1) is 5.66. The van der Waals surface area contributed by atoms with Gasteiger partial charge in [-0.3, -0.25) is 4.79 Å². The average molecular weight is 190 g/mol. The monoisotopic (exact) mass is 190 g/mol. The van der Waals surface area contributed by atoms with E-state index < -0.39 is 5.97 Å². The molecule has 0 aromatic rings. The fourth-order valence-electron chi connectivity index (χ4n) is 1.02. The molecule has 0 heterocycles. The van der Waals surface area contributed by atoms with Crippen molar-refractivity contribution in [3.63, 3.8) is 0 Å². The van der Waals surface area contributed by atoms with Crippen LogP contribution in [0.4, 0.5) is 0 Å². The maximum absolute atomic E-state index is 10.2. The smallest absolute Gasteiger partial charge is 0.304 e. The van der Waals surface area contributed by atoms with E-state index in [1.54, 1.807) is 11.8 Å². The lowest BCUT2D eigenvalue weighted by Gasteiger charge is -2.07. The third-order valence-electron chi connectivity index (χ3n) is 1.64. The molecule has 2 nitrogen and oxygen atoms in total. The highest BCUT2D eigenvalue weighted by Gasteiger charge is 2.01. The molecule has 12 heavy (non-hydrogen) atoms. The Morgan fingerprint density at radius 3 is 2.75 bits per heavy atom. The van der Waals surface area contributed by atoms with E-state index in [4.69, 9.17) is 5.11 Å². The Hall–Kier alpha value is -0.180. The third kappa shape index (κ3) is 7.92. The van der Waals surface area contributed by atoms with E-state index in [0.717, 1.165) is 17.4 Å². The zero-order valence-electron chi connectivity index (χ0n) is 7.88. The molecule has 0 saturated carbocycles. The minimum Gasteiger partial charge on any atom is -0.481 e. The molecule has 0 fully saturated rings. The van der Waals surface area contributed by atoms with Gasteiger partial charge in [0.05, 0.1) is 6.42 Å². The van der Waals surface area contributed by atoms with Crippen LogP contribution in [0, 0.1) is 5.92 Å². The summed E-state index contributed by atoms with van der Waals surface area (Å²) in [5, 5.41) is 8.37. The van der Waals surface area contributed by atoms with Crippen LogP contribution < -0.4 is 0 Å². The number of aliphatic carboxylic acids is 1. The zero-order chi connectivity index (χ0) is 9.40. The maximum Gasteiger partial charge on any atom is 0.304 e. The number of hydrogen-bond acceptors (Lipinski definition) is 2. The Kier molecular flexibility index (Phi) is 7.36. The minimum atomic E-state index is -0.689. The van der Waals surface area contributed by atoms with Gasteiger partial charge in [-0.1, -0.05) is 26.7 Å². The fraction of sp³-hybridized carbons (Fsp3) is 0.889. The number of hydrogen-bond donors (Lipinski definition) is 1. The minimum absolute atomic E-state index is 0.295. The maximum atomic E-state index is 10.2. The molecule has 0 radical (unpaired) electrons. The summed E-state index contributed by atoms with van der Waals surface area (Å²) in [6, 6.07) is 0. The molecule has 0 aromatic heterocycles. The summed E-state index contributed by atoms with van der Waals surface area (Å²) in [7, 11) is 0. The predicted octanol–water partition coefficient (Wildman–Crippen LogP) is 2.63. The van der Waals surface area contributed by atoms with Crippen LogP contribution in [0.5, 0.6) is 0 Å². The van der Waals surface area contributed by atoms with Crippen LogP contribution >= 0.6 is 11.8 Å². The lowest BCUT2D eigenvalue weighted by molar-refractivity contribution is -0.136. The number of carbonyl (C=O) groups is 1. The van der Waals surface area contributed by atoms with Gasteiger partial charge in [0.2, 0.25) is 0 Å². The largest absolute Gasteiger partial charge is 0.481 e. The second-order valence-corrected chi connectivity index (χ2v) is 4.26. The van der Waals surface area contributed by atoms with E-state index >= 15 is 0 Å². The highest BCUT2D eigenvalue weighted by molar-refractivity contribution is 7.99. The van der Waals surface area contributed by atoms with Gasteiger partial charge < -0.3 is 5.11 Å². The lowest BCUT2D eigenvalue weighted by atomic mass is 10.1. The van der Waals surface area contributed by atoms with Gasteiger partial charge in [-0.15, -0.1) is 0 Å². The third-order valence-corrected chi connectivity index (χ3v) is 2.94. The molecule has 72 valence electrons. The van der Waals surface area contributed by atoms with E-state index in [0.29, 0.717) is 6.42 Å². The highest BCUT2D eigenvalue weighted by atomic mass is 32.2. The molecule has 3 heteroatoms. The molecule has 1 unspecified atom stereocenters. The van der Waals surface area contributed by atoms with Crippen molar-refractivity contribution in [3.8, 4) is 0 Å².